The maximum absolute atomic E-state index is 14.1. The van der Waals surface area contributed by atoms with Gasteiger partial charge in [-0.2, -0.15) is 4.31 Å². The van der Waals surface area contributed by atoms with Gasteiger partial charge >= 0.3 is 6.03 Å². The highest BCUT2D eigenvalue weighted by atomic mass is 35.5. The highest BCUT2D eigenvalue weighted by molar-refractivity contribution is 7.89. The summed E-state index contributed by atoms with van der Waals surface area (Å²) in [6.45, 7) is 0.818. The van der Waals surface area contributed by atoms with Crippen LogP contribution in [0.3, 0.4) is 0 Å². The van der Waals surface area contributed by atoms with Gasteiger partial charge in [0, 0.05) is 32.2 Å². The SMILES string of the molecule is O=C(NC1CCCCC1)N1CCN(S(=O)(=O)c2cccc(Cl)c2F)CC1. The van der Waals surface area contributed by atoms with Crippen molar-refractivity contribution in [2.45, 2.75) is 43.0 Å². The maximum atomic E-state index is 14.1. The molecule has 1 aromatic rings. The minimum Gasteiger partial charge on any atom is -0.335 e. The third-order valence-corrected chi connectivity index (χ3v) is 7.20. The molecule has 26 heavy (non-hydrogen) atoms. The number of nitrogens with one attached hydrogen (secondary N) is 1. The first-order valence-corrected chi connectivity index (χ1v) is 10.7. The zero-order valence-corrected chi connectivity index (χ0v) is 16.0. The molecule has 1 aromatic carbocycles. The Morgan fingerprint density at radius 1 is 1.12 bits per heavy atom. The summed E-state index contributed by atoms with van der Waals surface area (Å²) < 4.78 is 40.6. The Kier molecular flexibility index (Phi) is 6.04. The summed E-state index contributed by atoms with van der Waals surface area (Å²) in [7, 11) is -3.98. The van der Waals surface area contributed by atoms with Gasteiger partial charge in [-0.3, -0.25) is 0 Å². The summed E-state index contributed by atoms with van der Waals surface area (Å²) in [5.74, 6) is -0.938. The van der Waals surface area contributed by atoms with Crippen molar-refractivity contribution in [2.75, 3.05) is 26.2 Å². The van der Waals surface area contributed by atoms with Gasteiger partial charge in [0.05, 0.1) is 5.02 Å². The molecule has 1 N–H and O–H groups in total. The molecule has 0 aromatic heterocycles. The van der Waals surface area contributed by atoms with Crippen molar-refractivity contribution in [1.29, 1.82) is 0 Å². The number of carbonyl (C=O) groups is 1. The third kappa shape index (κ3) is 4.13. The predicted molar refractivity (Wildman–Crippen MR) is 97.1 cm³/mol. The molecule has 1 aliphatic heterocycles. The van der Waals surface area contributed by atoms with Crippen LogP contribution >= 0.6 is 11.6 Å². The van der Waals surface area contributed by atoms with Gasteiger partial charge in [-0.25, -0.2) is 17.6 Å². The number of piperazine rings is 1. The molecule has 144 valence electrons. The second kappa shape index (κ2) is 8.10. The summed E-state index contributed by atoms with van der Waals surface area (Å²) in [6, 6.07) is 3.98. The second-order valence-electron chi connectivity index (χ2n) is 6.73. The van der Waals surface area contributed by atoms with Crippen molar-refractivity contribution in [2.24, 2.45) is 0 Å². The summed E-state index contributed by atoms with van der Waals surface area (Å²) >= 11 is 5.70. The van der Waals surface area contributed by atoms with Crippen LogP contribution in [0.2, 0.25) is 5.02 Å². The van der Waals surface area contributed by atoms with Crippen molar-refractivity contribution < 1.29 is 17.6 Å². The fourth-order valence-electron chi connectivity index (χ4n) is 3.47. The van der Waals surface area contributed by atoms with Crippen LogP contribution < -0.4 is 5.32 Å². The van der Waals surface area contributed by atoms with Crippen molar-refractivity contribution in [1.82, 2.24) is 14.5 Å². The zero-order valence-electron chi connectivity index (χ0n) is 14.5. The number of urea groups is 1. The standard InChI is InChI=1S/C17H23ClFN3O3S/c18-14-7-4-8-15(16(14)19)26(24,25)22-11-9-21(10-12-22)17(23)20-13-5-2-1-3-6-13/h4,7-8,13H,1-3,5-6,9-12H2,(H,20,23). The van der Waals surface area contributed by atoms with E-state index in [2.05, 4.69) is 5.32 Å². The average molecular weight is 404 g/mol. The molecule has 2 amide bonds. The molecule has 6 nitrogen and oxygen atoms in total. The molecule has 0 bridgehead atoms. The minimum atomic E-state index is -3.98. The normalized spacial score (nSPS) is 20.2. The van der Waals surface area contributed by atoms with Crippen molar-refractivity contribution in [3.8, 4) is 0 Å². The maximum Gasteiger partial charge on any atom is 0.317 e. The molecule has 1 saturated heterocycles. The van der Waals surface area contributed by atoms with E-state index in [-0.39, 0.29) is 43.3 Å². The molecule has 0 atom stereocenters. The van der Waals surface area contributed by atoms with Crippen LogP contribution in [-0.2, 0) is 10.0 Å². The van der Waals surface area contributed by atoms with Gasteiger partial charge in [0.2, 0.25) is 10.0 Å². The molecule has 0 unspecified atom stereocenters. The Morgan fingerprint density at radius 2 is 1.77 bits per heavy atom. The molecular weight excluding hydrogens is 381 g/mol. The number of hydrogen-bond acceptors (Lipinski definition) is 3. The van der Waals surface area contributed by atoms with Crippen LogP contribution in [0, 0.1) is 5.82 Å². The Hall–Kier alpha value is -1.38. The molecule has 2 aliphatic rings. The van der Waals surface area contributed by atoms with Gasteiger partial charge in [0.25, 0.3) is 0 Å². The highest BCUT2D eigenvalue weighted by Gasteiger charge is 2.32. The number of amides is 2. The summed E-state index contributed by atoms with van der Waals surface area (Å²) in [6.07, 6.45) is 5.45. The smallest absolute Gasteiger partial charge is 0.317 e. The number of sulfonamides is 1. The van der Waals surface area contributed by atoms with Crippen molar-refractivity contribution in [3.63, 3.8) is 0 Å². The van der Waals surface area contributed by atoms with E-state index in [1.807, 2.05) is 0 Å². The number of hydrogen-bond donors (Lipinski definition) is 1. The first-order valence-electron chi connectivity index (χ1n) is 8.89. The fourth-order valence-corrected chi connectivity index (χ4v) is 5.21. The van der Waals surface area contributed by atoms with Gasteiger partial charge in [-0.1, -0.05) is 36.9 Å². The Balaban J connectivity index is 1.60. The second-order valence-corrected chi connectivity index (χ2v) is 9.04. The van der Waals surface area contributed by atoms with Crippen LogP contribution in [0.25, 0.3) is 0 Å². The van der Waals surface area contributed by atoms with E-state index in [1.54, 1.807) is 4.90 Å². The number of benzene rings is 1. The average Bonchev–Trinajstić information content (AvgIpc) is 2.64. The van der Waals surface area contributed by atoms with Crippen LogP contribution in [0.1, 0.15) is 32.1 Å². The molecule has 0 spiro atoms. The zero-order chi connectivity index (χ0) is 18.7. The molecule has 2 fully saturated rings. The number of nitrogens with zero attached hydrogens (tertiary/aromatic N) is 2. The van der Waals surface area contributed by atoms with Crippen molar-refractivity contribution >= 4 is 27.7 Å². The molecule has 1 heterocycles. The quantitative estimate of drug-likeness (QED) is 0.843. The highest BCUT2D eigenvalue weighted by Crippen LogP contribution is 2.25. The lowest BCUT2D eigenvalue weighted by Gasteiger charge is -2.35. The Bertz CT molecular complexity index is 761. The number of carbonyl (C=O) groups excluding carboxylic acids is 1. The Labute approximate surface area is 158 Å². The minimum absolute atomic E-state index is 0.131. The fraction of sp³-hybridized carbons (Fsp3) is 0.588. The number of halogens is 2. The largest absolute Gasteiger partial charge is 0.335 e. The first kappa shape index (κ1) is 19.4. The van der Waals surface area contributed by atoms with Crippen LogP contribution in [0.15, 0.2) is 23.1 Å². The molecular formula is C17H23ClFN3O3S. The van der Waals surface area contributed by atoms with E-state index in [1.165, 1.54) is 28.9 Å². The van der Waals surface area contributed by atoms with Crippen molar-refractivity contribution in [3.05, 3.63) is 29.0 Å². The third-order valence-electron chi connectivity index (χ3n) is 4.99. The predicted octanol–water partition coefficient (Wildman–Crippen LogP) is 2.83. The van der Waals surface area contributed by atoms with E-state index in [0.717, 1.165) is 25.7 Å². The van der Waals surface area contributed by atoms with E-state index in [0.29, 0.717) is 0 Å². The molecule has 1 saturated carbocycles. The van der Waals surface area contributed by atoms with Gasteiger partial charge in [0.1, 0.15) is 4.90 Å². The summed E-state index contributed by atoms with van der Waals surface area (Å²) in [5, 5.41) is 2.81. The lowest BCUT2D eigenvalue weighted by atomic mass is 9.96. The molecule has 0 radical (unpaired) electrons. The van der Waals surface area contributed by atoms with Gasteiger partial charge in [0.15, 0.2) is 5.82 Å². The lowest BCUT2D eigenvalue weighted by molar-refractivity contribution is 0.166. The van der Waals surface area contributed by atoms with E-state index >= 15 is 0 Å². The van der Waals surface area contributed by atoms with E-state index < -0.39 is 20.7 Å². The lowest BCUT2D eigenvalue weighted by Crippen LogP contribution is -2.54. The summed E-state index contributed by atoms with van der Waals surface area (Å²) in [5.41, 5.74) is 0. The van der Waals surface area contributed by atoms with E-state index in [9.17, 15) is 17.6 Å². The van der Waals surface area contributed by atoms with Crippen LogP contribution in [0.5, 0.6) is 0 Å². The summed E-state index contributed by atoms with van der Waals surface area (Å²) in [4.78, 5) is 13.6. The topological polar surface area (TPSA) is 69.7 Å². The monoisotopic (exact) mass is 403 g/mol. The van der Waals surface area contributed by atoms with Crippen LogP contribution in [0.4, 0.5) is 9.18 Å². The van der Waals surface area contributed by atoms with Gasteiger partial charge in [-0.05, 0) is 25.0 Å². The van der Waals surface area contributed by atoms with Gasteiger partial charge < -0.3 is 10.2 Å². The van der Waals surface area contributed by atoms with Gasteiger partial charge in [-0.15, -0.1) is 0 Å². The molecule has 3 rings (SSSR count). The number of rotatable bonds is 3. The first-order chi connectivity index (χ1) is 12.4. The Morgan fingerprint density at radius 3 is 2.42 bits per heavy atom. The molecule has 9 heteroatoms. The molecule has 1 aliphatic carbocycles. The van der Waals surface area contributed by atoms with E-state index in [4.69, 9.17) is 11.6 Å². The van der Waals surface area contributed by atoms with Crippen LogP contribution in [-0.4, -0.2) is 55.9 Å².